The number of H-pyrrole nitrogens is 1. The third-order valence-corrected chi connectivity index (χ3v) is 3.20. The summed E-state index contributed by atoms with van der Waals surface area (Å²) in [4.78, 5) is 14.0. The van der Waals surface area contributed by atoms with Gasteiger partial charge in [0, 0.05) is 25.8 Å². The lowest BCUT2D eigenvalue weighted by Crippen LogP contribution is -2.40. The molecular formula is C12H20N4O. The average Bonchev–Trinajstić information content (AvgIpc) is 2.82. The maximum atomic E-state index is 11.6. The van der Waals surface area contributed by atoms with Crippen LogP contribution in [0.15, 0.2) is 12.3 Å². The van der Waals surface area contributed by atoms with Crippen molar-refractivity contribution in [3.63, 3.8) is 0 Å². The molecule has 1 aliphatic heterocycles. The molecular weight excluding hydrogens is 216 g/mol. The molecule has 0 radical (unpaired) electrons. The summed E-state index contributed by atoms with van der Waals surface area (Å²) in [6.45, 7) is 6.23. The first-order valence-corrected chi connectivity index (χ1v) is 6.25. The molecule has 1 atom stereocenters. The molecule has 1 aromatic rings. The molecule has 1 fully saturated rings. The van der Waals surface area contributed by atoms with Crippen LogP contribution in [0.4, 0.5) is 0 Å². The van der Waals surface area contributed by atoms with Gasteiger partial charge in [-0.25, -0.2) is 0 Å². The number of carbonyl (C=O) groups excluding carboxylic acids is 1. The highest BCUT2D eigenvalue weighted by molar-refractivity contribution is 5.92. The zero-order valence-corrected chi connectivity index (χ0v) is 10.3. The lowest BCUT2D eigenvalue weighted by atomic mass is 10.0. The van der Waals surface area contributed by atoms with Crippen LogP contribution >= 0.6 is 0 Å². The van der Waals surface area contributed by atoms with E-state index >= 15 is 0 Å². The number of nitrogens with one attached hydrogen (secondary N) is 2. The Morgan fingerprint density at radius 3 is 3.29 bits per heavy atom. The number of hydrogen-bond acceptors (Lipinski definition) is 3. The number of amides is 1. The predicted molar refractivity (Wildman–Crippen MR) is 65.8 cm³/mol. The second kappa shape index (κ2) is 5.82. The number of piperidine rings is 1. The SMILES string of the molecule is C[C@@H]1CCCN(CCNC(=O)c2ccn[nH]2)C1. The number of nitrogens with zero attached hydrogens (tertiary/aromatic N) is 2. The summed E-state index contributed by atoms with van der Waals surface area (Å²) in [5, 5.41) is 9.31. The van der Waals surface area contributed by atoms with E-state index in [0.717, 1.165) is 25.6 Å². The molecule has 0 unspecified atom stereocenters. The number of carbonyl (C=O) groups is 1. The van der Waals surface area contributed by atoms with E-state index < -0.39 is 0 Å². The Balaban J connectivity index is 1.67. The van der Waals surface area contributed by atoms with Crippen LogP contribution in [0.2, 0.25) is 0 Å². The van der Waals surface area contributed by atoms with Crippen LogP contribution in [-0.4, -0.2) is 47.2 Å². The van der Waals surface area contributed by atoms with E-state index in [0.29, 0.717) is 12.2 Å². The molecule has 1 aliphatic rings. The van der Waals surface area contributed by atoms with Crippen molar-refractivity contribution in [2.45, 2.75) is 19.8 Å². The maximum Gasteiger partial charge on any atom is 0.269 e. The van der Waals surface area contributed by atoms with Crippen molar-refractivity contribution in [1.82, 2.24) is 20.4 Å². The van der Waals surface area contributed by atoms with E-state index in [2.05, 4.69) is 27.3 Å². The first-order chi connectivity index (χ1) is 8.25. The second-order valence-corrected chi connectivity index (χ2v) is 4.77. The highest BCUT2D eigenvalue weighted by atomic mass is 16.1. The minimum absolute atomic E-state index is 0.0763. The van der Waals surface area contributed by atoms with Crippen LogP contribution < -0.4 is 5.32 Å². The van der Waals surface area contributed by atoms with Crippen LogP contribution in [0, 0.1) is 5.92 Å². The number of likely N-dealkylation sites (tertiary alicyclic amines) is 1. The summed E-state index contributed by atoms with van der Waals surface area (Å²) in [7, 11) is 0. The van der Waals surface area contributed by atoms with Crippen molar-refractivity contribution in [1.29, 1.82) is 0 Å². The summed E-state index contributed by atoms with van der Waals surface area (Å²) < 4.78 is 0. The smallest absolute Gasteiger partial charge is 0.269 e. The van der Waals surface area contributed by atoms with Gasteiger partial charge in [0.2, 0.25) is 0 Å². The van der Waals surface area contributed by atoms with E-state index in [9.17, 15) is 4.79 Å². The fraction of sp³-hybridized carbons (Fsp3) is 0.667. The molecule has 2 rings (SSSR count). The van der Waals surface area contributed by atoms with Crippen molar-refractivity contribution in [3.8, 4) is 0 Å². The molecule has 2 N–H and O–H groups in total. The van der Waals surface area contributed by atoms with Crippen molar-refractivity contribution in [3.05, 3.63) is 18.0 Å². The minimum Gasteiger partial charge on any atom is -0.349 e. The van der Waals surface area contributed by atoms with Gasteiger partial charge in [0.25, 0.3) is 5.91 Å². The van der Waals surface area contributed by atoms with Gasteiger partial charge in [-0.05, 0) is 31.4 Å². The zero-order chi connectivity index (χ0) is 12.1. The first-order valence-electron chi connectivity index (χ1n) is 6.25. The largest absolute Gasteiger partial charge is 0.349 e. The quantitative estimate of drug-likeness (QED) is 0.815. The van der Waals surface area contributed by atoms with Crippen molar-refractivity contribution in [2.24, 2.45) is 5.92 Å². The van der Waals surface area contributed by atoms with Crippen molar-refractivity contribution in [2.75, 3.05) is 26.2 Å². The molecule has 1 aromatic heterocycles. The first kappa shape index (κ1) is 12.1. The Labute approximate surface area is 102 Å². The average molecular weight is 236 g/mol. The van der Waals surface area contributed by atoms with E-state index in [1.165, 1.54) is 12.8 Å². The lowest BCUT2D eigenvalue weighted by molar-refractivity contribution is 0.0939. The van der Waals surface area contributed by atoms with Gasteiger partial charge in [-0.1, -0.05) is 6.92 Å². The van der Waals surface area contributed by atoms with Crippen LogP contribution in [0.1, 0.15) is 30.3 Å². The lowest BCUT2D eigenvalue weighted by Gasteiger charge is -2.30. The molecule has 0 saturated carbocycles. The van der Waals surface area contributed by atoms with Gasteiger partial charge in [-0.3, -0.25) is 9.89 Å². The molecule has 1 saturated heterocycles. The highest BCUT2D eigenvalue weighted by Gasteiger charge is 2.15. The van der Waals surface area contributed by atoms with E-state index in [1.807, 2.05) is 0 Å². The van der Waals surface area contributed by atoms with Crippen molar-refractivity contribution < 1.29 is 4.79 Å². The third-order valence-electron chi connectivity index (χ3n) is 3.20. The van der Waals surface area contributed by atoms with Gasteiger partial charge in [-0.15, -0.1) is 0 Å². The Morgan fingerprint density at radius 1 is 1.71 bits per heavy atom. The molecule has 2 heterocycles. The fourth-order valence-electron chi connectivity index (χ4n) is 2.29. The van der Waals surface area contributed by atoms with Gasteiger partial charge < -0.3 is 10.2 Å². The molecule has 0 aromatic carbocycles. The molecule has 5 nitrogen and oxygen atoms in total. The maximum absolute atomic E-state index is 11.6. The number of hydrogen-bond donors (Lipinski definition) is 2. The van der Waals surface area contributed by atoms with E-state index in [1.54, 1.807) is 12.3 Å². The number of rotatable bonds is 4. The number of aromatic amines is 1. The van der Waals surface area contributed by atoms with Crippen LogP contribution in [-0.2, 0) is 0 Å². The summed E-state index contributed by atoms with van der Waals surface area (Å²) in [6, 6.07) is 1.68. The Bertz CT molecular complexity index is 349. The summed E-state index contributed by atoms with van der Waals surface area (Å²) in [6.07, 6.45) is 4.19. The van der Waals surface area contributed by atoms with Crippen molar-refractivity contribution >= 4 is 5.91 Å². The summed E-state index contributed by atoms with van der Waals surface area (Å²) >= 11 is 0. The second-order valence-electron chi connectivity index (χ2n) is 4.77. The standard InChI is InChI=1S/C12H20N4O/c1-10-3-2-7-16(9-10)8-6-13-12(17)11-4-5-14-15-11/h4-5,10H,2-3,6-9H2,1H3,(H,13,17)(H,14,15)/t10-/m1/s1. The van der Waals surface area contributed by atoms with Gasteiger partial charge in [0.05, 0.1) is 0 Å². The Hall–Kier alpha value is -1.36. The molecule has 0 aliphatic carbocycles. The van der Waals surface area contributed by atoms with Gasteiger partial charge in [0.1, 0.15) is 5.69 Å². The molecule has 5 heteroatoms. The monoisotopic (exact) mass is 236 g/mol. The fourth-order valence-corrected chi connectivity index (χ4v) is 2.29. The molecule has 17 heavy (non-hydrogen) atoms. The van der Waals surface area contributed by atoms with E-state index in [-0.39, 0.29) is 5.91 Å². The highest BCUT2D eigenvalue weighted by Crippen LogP contribution is 2.14. The molecule has 0 bridgehead atoms. The molecule has 0 spiro atoms. The Morgan fingerprint density at radius 2 is 2.59 bits per heavy atom. The third kappa shape index (κ3) is 3.56. The van der Waals surface area contributed by atoms with Gasteiger partial charge in [0.15, 0.2) is 0 Å². The summed E-state index contributed by atoms with van der Waals surface area (Å²) in [5.74, 6) is 0.708. The predicted octanol–water partition coefficient (Wildman–Crippen LogP) is 0.871. The van der Waals surface area contributed by atoms with Gasteiger partial charge in [-0.2, -0.15) is 5.10 Å². The normalized spacial score (nSPS) is 21.4. The zero-order valence-electron chi connectivity index (χ0n) is 10.3. The number of aromatic nitrogens is 2. The van der Waals surface area contributed by atoms with Crippen LogP contribution in [0.3, 0.4) is 0 Å². The van der Waals surface area contributed by atoms with Crippen LogP contribution in [0.5, 0.6) is 0 Å². The minimum atomic E-state index is -0.0763. The van der Waals surface area contributed by atoms with Gasteiger partial charge >= 0.3 is 0 Å². The Kier molecular flexibility index (Phi) is 4.14. The summed E-state index contributed by atoms with van der Waals surface area (Å²) in [5.41, 5.74) is 0.525. The molecule has 94 valence electrons. The van der Waals surface area contributed by atoms with E-state index in [4.69, 9.17) is 0 Å². The molecule has 1 amide bonds. The topological polar surface area (TPSA) is 61.0 Å². The van der Waals surface area contributed by atoms with Crippen LogP contribution in [0.25, 0.3) is 0 Å².